The minimum atomic E-state index is -4.38. The molecule has 0 aliphatic carbocycles. The highest BCUT2D eigenvalue weighted by molar-refractivity contribution is 6.02. The average molecular weight is 349 g/mol. The van der Waals surface area contributed by atoms with E-state index in [2.05, 4.69) is 5.32 Å². The molecule has 7 heteroatoms. The molecule has 0 saturated carbocycles. The van der Waals surface area contributed by atoms with E-state index in [0.717, 1.165) is 12.1 Å². The number of hydrogen-bond acceptors (Lipinski definition) is 3. The topological polar surface area (TPSA) is 47.6 Å². The third kappa shape index (κ3) is 4.32. The van der Waals surface area contributed by atoms with E-state index in [1.165, 1.54) is 24.3 Å². The van der Waals surface area contributed by atoms with Crippen LogP contribution in [0.15, 0.2) is 48.5 Å². The van der Waals surface area contributed by atoms with E-state index in [1.807, 2.05) is 0 Å². The highest BCUT2D eigenvalue weighted by Gasteiger charge is 2.29. The maximum absolute atomic E-state index is 12.5. The predicted molar refractivity (Wildman–Crippen MR) is 86.5 cm³/mol. The van der Waals surface area contributed by atoms with Crippen LogP contribution in [-0.2, 0) is 11.0 Å². The van der Waals surface area contributed by atoms with Gasteiger partial charge in [0.2, 0.25) is 5.91 Å². The summed E-state index contributed by atoms with van der Waals surface area (Å²) < 4.78 is 48.3. The van der Waals surface area contributed by atoms with Crippen molar-refractivity contribution in [3.05, 3.63) is 59.7 Å². The van der Waals surface area contributed by atoms with Gasteiger partial charge < -0.3 is 14.8 Å². The van der Waals surface area contributed by atoms with Gasteiger partial charge in [-0.3, -0.25) is 4.79 Å². The summed E-state index contributed by atoms with van der Waals surface area (Å²) in [7, 11) is 0. The average Bonchev–Trinajstić information content (AvgIpc) is 2.59. The molecule has 1 amide bonds. The second-order valence-corrected chi connectivity index (χ2v) is 5.30. The quantitative estimate of drug-likeness (QED) is 0.848. The zero-order valence-corrected chi connectivity index (χ0v) is 13.0. The second kappa shape index (κ2) is 6.88. The molecule has 0 fully saturated rings. The monoisotopic (exact) mass is 349 g/mol. The Balaban J connectivity index is 1.63. The molecule has 2 aromatic rings. The van der Waals surface area contributed by atoms with Gasteiger partial charge in [0.1, 0.15) is 13.2 Å². The SMILES string of the molecule is O=C(/C=C/c1ccc(C(F)(F)F)cc1)Nc1ccc2c(c1)OCCO2. The number of carbonyl (C=O) groups is 1. The molecular formula is C18H14F3NO3. The number of fused-ring (bicyclic) bond motifs is 1. The van der Waals surface area contributed by atoms with E-state index in [0.29, 0.717) is 36.0 Å². The first kappa shape index (κ1) is 16.9. The number of alkyl halides is 3. The first-order valence-corrected chi connectivity index (χ1v) is 7.48. The zero-order chi connectivity index (χ0) is 17.9. The molecular weight excluding hydrogens is 335 g/mol. The number of hydrogen-bond donors (Lipinski definition) is 1. The van der Waals surface area contributed by atoms with Gasteiger partial charge in [0.25, 0.3) is 0 Å². The summed E-state index contributed by atoms with van der Waals surface area (Å²) in [4.78, 5) is 11.9. The van der Waals surface area contributed by atoms with Gasteiger partial charge in [0.15, 0.2) is 11.5 Å². The van der Waals surface area contributed by atoms with Gasteiger partial charge in [-0.2, -0.15) is 13.2 Å². The molecule has 3 rings (SSSR count). The number of nitrogens with one attached hydrogen (secondary N) is 1. The van der Waals surface area contributed by atoms with E-state index in [1.54, 1.807) is 18.2 Å². The van der Waals surface area contributed by atoms with Crippen LogP contribution < -0.4 is 14.8 Å². The van der Waals surface area contributed by atoms with E-state index in [-0.39, 0.29) is 0 Å². The van der Waals surface area contributed by atoms with Crippen LogP contribution in [0.25, 0.3) is 6.08 Å². The number of ether oxygens (including phenoxy) is 2. The second-order valence-electron chi connectivity index (χ2n) is 5.30. The number of benzene rings is 2. The lowest BCUT2D eigenvalue weighted by Gasteiger charge is -2.18. The van der Waals surface area contributed by atoms with Crippen LogP contribution in [0.2, 0.25) is 0 Å². The molecule has 0 radical (unpaired) electrons. The summed E-state index contributed by atoms with van der Waals surface area (Å²) in [6, 6.07) is 9.57. The number of rotatable bonds is 3. The van der Waals surface area contributed by atoms with Crippen molar-refractivity contribution in [1.82, 2.24) is 0 Å². The van der Waals surface area contributed by atoms with Crippen LogP contribution in [0.5, 0.6) is 11.5 Å². The first-order valence-electron chi connectivity index (χ1n) is 7.48. The smallest absolute Gasteiger partial charge is 0.416 e. The Kier molecular flexibility index (Phi) is 4.65. The standard InChI is InChI=1S/C18H14F3NO3/c19-18(20,21)13-4-1-12(2-5-13)3-8-17(23)22-14-6-7-15-16(11-14)25-10-9-24-15/h1-8,11H,9-10H2,(H,22,23)/b8-3+. The molecule has 0 spiro atoms. The molecule has 1 aliphatic heterocycles. The van der Waals surface area contributed by atoms with Crippen LogP contribution in [0.4, 0.5) is 18.9 Å². The van der Waals surface area contributed by atoms with E-state index < -0.39 is 17.6 Å². The Morgan fingerprint density at radius 2 is 1.68 bits per heavy atom. The molecule has 4 nitrogen and oxygen atoms in total. The van der Waals surface area contributed by atoms with Gasteiger partial charge >= 0.3 is 6.18 Å². The van der Waals surface area contributed by atoms with Crippen molar-refractivity contribution in [2.24, 2.45) is 0 Å². The van der Waals surface area contributed by atoms with Crippen molar-refractivity contribution in [2.45, 2.75) is 6.18 Å². The summed E-state index contributed by atoms with van der Waals surface area (Å²) >= 11 is 0. The maximum Gasteiger partial charge on any atom is 0.416 e. The van der Waals surface area contributed by atoms with Gasteiger partial charge in [0, 0.05) is 17.8 Å². The van der Waals surface area contributed by atoms with Gasteiger partial charge in [0.05, 0.1) is 5.56 Å². The Morgan fingerprint density at radius 1 is 1.00 bits per heavy atom. The normalized spacial score (nSPS) is 13.7. The predicted octanol–water partition coefficient (Wildman–Crippen LogP) is 4.13. The maximum atomic E-state index is 12.5. The van der Waals surface area contributed by atoms with Crippen LogP contribution in [0.3, 0.4) is 0 Å². The lowest BCUT2D eigenvalue weighted by molar-refractivity contribution is -0.137. The summed E-state index contributed by atoms with van der Waals surface area (Å²) in [6.45, 7) is 0.923. The number of carbonyl (C=O) groups excluding carboxylic acids is 1. The molecule has 0 atom stereocenters. The van der Waals surface area contributed by atoms with Crippen molar-refractivity contribution >= 4 is 17.7 Å². The Hall–Kier alpha value is -2.96. The number of anilines is 1. The molecule has 0 saturated heterocycles. The fourth-order valence-electron chi connectivity index (χ4n) is 2.26. The fourth-order valence-corrected chi connectivity index (χ4v) is 2.26. The molecule has 1 N–H and O–H groups in total. The Bertz CT molecular complexity index is 798. The molecule has 0 bridgehead atoms. The van der Waals surface area contributed by atoms with Crippen LogP contribution in [0.1, 0.15) is 11.1 Å². The fraction of sp³-hybridized carbons (Fsp3) is 0.167. The molecule has 0 unspecified atom stereocenters. The highest BCUT2D eigenvalue weighted by atomic mass is 19.4. The Labute approximate surface area is 141 Å². The molecule has 1 aliphatic rings. The minimum absolute atomic E-state index is 0.406. The molecule has 130 valence electrons. The van der Waals surface area contributed by atoms with E-state index >= 15 is 0 Å². The van der Waals surface area contributed by atoms with Crippen molar-refractivity contribution in [3.63, 3.8) is 0 Å². The highest BCUT2D eigenvalue weighted by Crippen LogP contribution is 2.32. The summed E-state index contributed by atoms with van der Waals surface area (Å²) in [5.41, 5.74) is 0.294. The van der Waals surface area contributed by atoms with Crippen molar-refractivity contribution < 1.29 is 27.4 Å². The third-order valence-electron chi connectivity index (χ3n) is 3.47. The van der Waals surface area contributed by atoms with Gasteiger partial charge in [-0.1, -0.05) is 12.1 Å². The zero-order valence-electron chi connectivity index (χ0n) is 13.0. The third-order valence-corrected chi connectivity index (χ3v) is 3.47. The summed E-state index contributed by atoms with van der Waals surface area (Å²) in [6.07, 6.45) is -1.69. The van der Waals surface area contributed by atoms with Crippen LogP contribution >= 0.6 is 0 Å². The summed E-state index contributed by atoms with van der Waals surface area (Å²) in [5.74, 6) is 0.761. The largest absolute Gasteiger partial charge is 0.486 e. The minimum Gasteiger partial charge on any atom is -0.486 e. The van der Waals surface area contributed by atoms with E-state index in [4.69, 9.17) is 9.47 Å². The first-order chi connectivity index (χ1) is 11.9. The van der Waals surface area contributed by atoms with Crippen molar-refractivity contribution in [1.29, 1.82) is 0 Å². The molecule has 1 heterocycles. The van der Waals surface area contributed by atoms with E-state index in [9.17, 15) is 18.0 Å². The lowest BCUT2D eigenvalue weighted by atomic mass is 10.1. The molecule has 25 heavy (non-hydrogen) atoms. The number of amides is 1. The van der Waals surface area contributed by atoms with Crippen LogP contribution in [-0.4, -0.2) is 19.1 Å². The molecule has 0 aromatic heterocycles. The van der Waals surface area contributed by atoms with Gasteiger partial charge in [-0.25, -0.2) is 0 Å². The lowest BCUT2D eigenvalue weighted by Crippen LogP contribution is -2.16. The van der Waals surface area contributed by atoms with Crippen LogP contribution in [0, 0.1) is 0 Å². The van der Waals surface area contributed by atoms with Crippen molar-refractivity contribution in [2.75, 3.05) is 18.5 Å². The van der Waals surface area contributed by atoms with Crippen molar-refractivity contribution in [3.8, 4) is 11.5 Å². The number of halogens is 3. The summed E-state index contributed by atoms with van der Waals surface area (Å²) in [5, 5.41) is 2.66. The Morgan fingerprint density at radius 3 is 2.36 bits per heavy atom. The molecule has 2 aromatic carbocycles. The van der Waals surface area contributed by atoms with Gasteiger partial charge in [-0.15, -0.1) is 0 Å². The van der Waals surface area contributed by atoms with Gasteiger partial charge in [-0.05, 0) is 35.9 Å².